The van der Waals surface area contributed by atoms with E-state index in [0.717, 1.165) is 12.8 Å². The Labute approximate surface area is 123 Å². The topological polar surface area (TPSA) is 0 Å². The van der Waals surface area contributed by atoms with Crippen molar-refractivity contribution in [2.75, 3.05) is 0 Å². The van der Waals surface area contributed by atoms with Gasteiger partial charge in [-0.3, -0.25) is 0 Å². The molecule has 0 heterocycles. The molecule has 0 saturated carbocycles. The molecule has 0 fully saturated rings. The third-order valence-corrected chi connectivity index (χ3v) is 6.21. The number of aryl methyl sites for hydroxylation is 1. The van der Waals surface area contributed by atoms with Gasteiger partial charge in [0.25, 0.3) is 0 Å². The molecule has 0 aliphatic heterocycles. The molecule has 0 radical (unpaired) electrons. The summed E-state index contributed by atoms with van der Waals surface area (Å²) in [6.07, 6.45) is 4.32. The molecule has 0 saturated heterocycles. The first-order valence-corrected chi connectivity index (χ1v) is 10.3. The summed E-state index contributed by atoms with van der Waals surface area (Å²) in [6.45, 7) is 4.72. The first kappa shape index (κ1) is 14.6. The van der Waals surface area contributed by atoms with Crippen LogP contribution in [-0.4, -0.2) is 8.07 Å². The van der Waals surface area contributed by atoms with E-state index in [-0.39, 0.29) is 0 Å². The third kappa shape index (κ3) is 4.38. The molecular weight excluding hydrogens is 256 g/mol. The lowest BCUT2D eigenvalue weighted by Gasteiger charge is -2.16. The van der Waals surface area contributed by atoms with E-state index in [1.165, 1.54) is 10.8 Å². The average Bonchev–Trinajstić information content (AvgIpc) is 2.49. The minimum absolute atomic E-state index is 1.06. The molecule has 102 valence electrons. The van der Waals surface area contributed by atoms with Gasteiger partial charge in [0.05, 0.1) is 0 Å². The van der Waals surface area contributed by atoms with Crippen LogP contribution in [0.5, 0.6) is 0 Å². The molecule has 0 aliphatic carbocycles. The summed E-state index contributed by atoms with van der Waals surface area (Å²) in [5, 5.41) is 1.46. The zero-order valence-corrected chi connectivity index (χ0v) is 13.3. The Hall–Kier alpha value is -1.82. The normalized spacial score (nSPS) is 10.7. The third-order valence-electron chi connectivity index (χ3n) is 3.50. The van der Waals surface area contributed by atoms with Gasteiger partial charge < -0.3 is 0 Å². The van der Waals surface area contributed by atoms with Crippen LogP contribution in [0.1, 0.15) is 12.0 Å². The molecule has 0 N–H and O–H groups in total. The summed E-state index contributed by atoms with van der Waals surface area (Å²) in [5.74, 6) is 0. The fourth-order valence-electron chi connectivity index (χ4n) is 2.19. The zero-order valence-electron chi connectivity index (χ0n) is 12.3. The maximum absolute atomic E-state index is 3.41. The van der Waals surface area contributed by atoms with Crippen LogP contribution in [0.25, 0.3) is 0 Å². The molecule has 0 unspecified atom stereocenters. The van der Waals surface area contributed by atoms with E-state index in [9.17, 15) is 0 Å². The van der Waals surface area contributed by atoms with Crippen LogP contribution in [0.3, 0.4) is 0 Å². The molecule has 2 rings (SSSR count). The molecule has 0 aliphatic rings. The highest BCUT2D eigenvalue weighted by Gasteiger charge is 2.18. The monoisotopic (exact) mass is 278 g/mol. The molecule has 0 atom stereocenters. The number of benzene rings is 2. The van der Waals surface area contributed by atoms with E-state index in [2.05, 4.69) is 91.3 Å². The molecule has 0 nitrogen and oxygen atoms in total. The first-order chi connectivity index (χ1) is 9.68. The van der Waals surface area contributed by atoms with E-state index in [0.29, 0.717) is 0 Å². The Morgan fingerprint density at radius 2 is 1.50 bits per heavy atom. The van der Waals surface area contributed by atoms with Gasteiger partial charge in [0.1, 0.15) is 8.07 Å². The van der Waals surface area contributed by atoms with Gasteiger partial charge in [-0.15, -0.1) is 5.73 Å². The lowest BCUT2D eigenvalue weighted by atomic mass is 10.1. The van der Waals surface area contributed by atoms with Gasteiger partial charge in [-0.25, -0.2) is 0 Å². The number of hydrogen-bond donors (Lipinski definition) is 0. The van der Waals surface area contributed by atoms with Crippen LogP contribution in [0, 0.1) is 0 Å². The second-order valence-electron chi connectivity index (χ2n) is 5.63. The van der Waals surface area contributed by atoms with E-state index in [1.807, 2.05) is 0 Å². The fraction of sp³-hybridized carbons (Fsp3) is 0.211. The van der Waals surface area contributed by atoms with Gasteiger partial charge in [0.15, 0.2) is 0 Å². The highest BCUT2D eigenvalue weighted by molar-refractivity contribution is 6.93. The minimum Gasteiger partial charge on any atom is -0.133 e. The van der Waals surface area contributed by atoms with Crippen molar-refractivity contribution >= 4 is 13.3 Å². The van der Waals surface area contributed by atoms with Crippen LogP contribution in [-0.2, 0) is 6.42 Å². The average molecular weight is 278 g/mol. The Kier molecular flexibility index (Phi) is 5.17. The van der Waals surface area contributed by atoms with Crippen LogP contribution >= 0.6 is 0 Å². The van der Waals surface area contributed by atoms with Crippen molar-refractivity contribution < 1.29 is 0 Å². The molecule has 0 aromatic heterocycles. The lowest BCUT2D eigenvalue weighted by molar-refractivity contribution is 1.00. The van der Waals surface area contributed by atoms with Gasteiger partial charge in [-0.05, 0) is 30.2 Å². The van der Waals surface area contributed by atoms with Crippen molar-refractivity contribution in [1.29, 1.82) is 0 Å². The SMILES string of the molecule is C[Si](C)(C=C=CCCc1ccccc1)c1ccccc1. The molecular formula is C19H22Si. The minimum atomic E-state index is -1.48. The number of allylic oxidation sites excluding steroid dienone is 1. The Bertz CT molecular complexity index is 576. The Morgan fingerprint density at radius 1 is 0.900 bits per heavy atom. The summed E-state index contributed by atoms with van der Waals surface area (Å²) < 4.78 is 0. The molecule has 2 aromatic rings. The fourth-order valence-corrected chi connectivity index (χ4v) is 3.94. The molecule has 0 amide bonds. The highest BCUT2D eigenvalue weighted by atomic mass is 28.3. The van der Waals surface area contributed by atoms with E-state index < -0.39 is 8.07 Å². The molecule has 20 heavy (non-hydrogen) atoms. The summed E-state index contributed by atoms with van der Waals surface area (Å²) in [4.78, 5) is 0. The molecule has 2 aromatic carbocycles. The zero-order chi connectivity index (χ0) is 14.3. The summed E-state index contributed by atoms with van der Waals surface area (Å²) >= 11 is 0. The maximum Gasteiger partial charge on any atom is 0.112 e. The van der Waals surface area contributed by atoms with Crippen molar-refractivity contribution in [2.24, 2.45) is 0 Å². The predicted molar refractivity (Wildman–Crippen MR) is 91.0 cm³/mol. The predicted octanol–water partition coefficient (Wildman–Crippen LogP) is 4.49. The second-order valence-corrected chi connectivity index (χ2v) is 9.94. The van der Waals surface area contributed by atoms with Crippen molar-refractivity contribution in [3.8, 4) is 0 Å². The van der Waals surface area contributed by atoms with Crippen molar-refractivity contribution in [3.05, 3.63) is 83.7 Å². The Morgan fingerprint density at radius 3 is 2.15 bits per heavy atom. The van der Waals surface area contributed by atoms with Gasteiger partial charge >= 0.3 is 0 Å². The van der Waals surface area contributed by atoms with Crippen molar-refractivity contribution in [1.82, 2.24) is 0 Å². The van der Waals surface area contributed by atoms with E-state index >= 15 is 0 Å². The number of hydrogen-bond acceptors (Lipinski definition) is 0. The second kappa shape index (κ2) is 7.09. The standard InChI is InChI=1S/C19H22Si/c1-20(2,19-15-9-4-10-16-19)17-11-5-8-14-18-12-6-3-7-13-18/h3-7,9-10,12-13,15-17H,8,14H2,1-2H3. The summed E-state index contributed by atoms with van der Waals surface area (Å²) in [6, 6.07) is 21.4. The Balaban J connectivity index is 1.93. The van der Waals surface area contributed by atoms with Crippen molar-refractivity contribution in [2.45, 2.75) is 25.9 Å². The summed E-state index contributed by atoms with van der Waals surface area (Å²) in [7, 11) is -1.48. The van der Waals surface area contributed by atoms with Gasteiger partial charge in [-0.1, -0.05) is 78.9 Å². The van der Waals surface area contributed by atoms with Crippen LogP contribution in [0.4, 0.5) is 0 Å². The lowest BCUT2D eigenvalue weighted by Crippen LogP contribution is -2.39. The number of rotatable bonds is 5. The van der Waals surface area contributed by atoms with Crippen LogP contribution in [0.2, 0.25) is 13.1 Å². The van der Waals surface area contributed by atoms with Crippen LogP contribution < -0.4 is 5.19 Å². The molecule has 1 heteroatoms. The molecule has 0 spiro atoms. The first-order valence-electron chi connectivity index (χ1n) is 7.20. The van der Waals surface area contributed by atoms with E-state index in [4.69, 9.17) is 0 Å². The molecule has 0 bridgehead atoms. The maximum atomic E-state index is 3.41. The smallest absolute Gasteiger partial charge is 0.112 e. The van der Waals surface area contributed by atoms with Gasteiger partial charge in [0.2, 0.25) is 0 Å². The van der Waals surface area contributed by atoms with E-state index in [1.54, 1.807) is 0 Å². The van der Waals surface area contributed by atoms with Crippen LogP contribution in [0.15, 0.2) is 78.2 Å². The quantitative estimate of drug-likeness (QED) is 0.558. The van der Waals surface area contributed by atoms with Gasteiger partial charge in [0, 0.05) is 0 Å². The largest absolute Gasteiger partial charge is 0.133 e. The van der Waals surface area contributed by atoms with Gasteiger partial charge in [-0.2, -0.15) is 0 Å². The summed E-state index contributed by atoms with van der Waals surface area (Å²) in [5.41, 5.74) is 7.10. The van der Waals surface area contributed by atoms with Crippen molar-refractivity contribution in [3.63, 3.8) is 0 Å². The highest BCUT2D eigenvalue weighted by Crippen LogP contribution is 2.05.